The van der Waals surface area contributed by atoms with Gasteiger partial charge in [-0.25, -0.2) is 0 Å². The number of aliphatic hydroxyl groups is 1. The van der Waals surface area contributed by atoms with E-state index in [-0.39, 0.29) is 0 Å². The Labute approximate surface area is 83.8 Å². The molecule has 2 aromatic rings. The van der Waals surface area contributed by atoms with Crippen molar-refractivity contribution in [3.8, 4) is 0 Å². The van der Waals surface area contributed by atoms with Crippen molar-refractivity contribution in [2.45, 2.75) is 19.4 Å². The maximum Gasteiger partial charge on any atom is 0.0840 e. The number of hydrogen-bond acceptors (Lipinski definition) is 1. The highest BCUT2D eigenvalue weighted by Crippen LogP contribution is 2.24. The predicted molar refractivity (Wildman–Crippen MR) is 58.2 cm³/mol. The largest absolute Gasteiger partial charge is 0.386 e. The molecule has 0 aliphatic heterocycles. The summed E-state index contributed by atoms with van der Waals surface area (Å²) in [7, 11) is 2.02. The van der Waals surface area contributed by atoms with Gasteiger partial charge in [0.25, 0.3) is 0 Å². The van der Waals surface area contributed by atoms with E-state index < -0.39 is 5.60 Å². The van der Waals surface area contributed by atoms with Gasteiger partial charge in [0.1, 0.15) is 0 Å². The molecule has 0 amide bonds. The lowest BCUT2D eigenvalue weighted by molar-refractivity contribution is 0.0787. The highest BCUT2D eigenvalue weighted by Gasteiger charge is 2.16. The van der Waals surface area contributed by atoms with Crippen LogP contribution in [0.5, 0.6) is 0 Å². The molecule has 1 aromatic carbocycles. The minimum absolute atomic E-state index is 0.760. The van der Waals surface area contributed by atoms with Crippen molar-refractivity contribution in [1.29, 1.82) is 0 Å². The van der Waals surface area contributed by atoms with Gasteiger partial charge in [-0.1, -0.05) is 6.07 Å². The molecule has 2 heteroatoms. The molecule has 0 unspecified atom stereocenters. The summed E-state index contributed by atoms with van der Waals surface area (Å²) in [5.41, 5.74) is 1.39. The third kappa shape index (κ3) is 1.42. The van der Waals surface area contributed by atoms with E-state index in [4.69, 9.17) is 0 Å². The molecule has 14 heavy (non-hydrogen) atoms. The molecule has 1 aromatic heterocycles. The molecule has 2 rings (SSSR count). The van der Waals surface area contributed by atoms with Crippen molar-refractivity contribution >= 4 is 10.9 Å². The van der Waals surface area contributed by atoms with Crippen LogP contribution in [0.1, 0.15) is 19.4 Å². The molecule has 0 saturated heterocycles. The van der Waals surface area contributed by atoms with Gasteiger partial charge < -0.3 is 9.67 Å². The summed E-state index contributed by atoms with van der Waals surface area (Å²) in [5.74, 6) is 0. The second-order valence-electron chi connectivity index (χ2n) is 4.26. The molecule has 0 atom stereocenters. The molecular weight excluding hydrogens is 174 g/mol. The molecule has 2 nitrogen and oxygen atoms in total. The summed E-state index contributed by atoms with van der Waals surface area (Å²) in [6.45, 7) is 3.61. The second-order valence-corrected chi connectivity index (χ2v) is 4.26. The topological polar surface area (TPSA) is 25.2 Å². The van der Waals surface area contributed by atoms with Crippen molar-refractivity contribution in [3.63, 3.8) is 0 Å². The maximum atomic E-state index is 9.85. The standard InChI is InChI=1S/C12H15NO/c1-12(2,14)10-4-5-11-9(8-10)6-7-13(11)3/h4-8,14H,1-3H3. The Kier molecular flexibility index (Phi) is 1.89. The number of benzene rings is 1. The van der Waals surface area contributed by atoms with E-state index in [1.54, 1.807) is 13.8 Å². The summed E-state index contributed by atoms with van der Waals surface area (Å²) in [4.78, 5) is 0. The first-order chi connectivity index (χ1) is 6.48. The van der Waals surface area contributed by atoms with E-state index in [0.717, 1.165) is 5.56 Å². The Hall–Kier alpha value is -1.28. The number of aromatic nitrogens is 1. The third-order valence-corrected chi connectivity index (χ3v) is 2.59. The minimum atomic E-state index is -0.760. The molecule has 0 fully saturated rings. The van der Waals surface area contributed by atoms with Gasteiger partial charge in [0, 0.05) is 18.8 Å². The average Bonchev–Trinajstić information content (AvgIpc) is 2.46. The minimum Gasteiger partial charge on any atom is -0.386 e. The van der Waals surface area contributed by atoms with Crippen LogP contribution in [0.25, 0.3) is 10.9 Å². The molecule has 0 bridgehead atoms. The van der Waals surface area contributed by atoms with E-state index in [9.17, 15) is 5.11 Å². The number of hydrogen-bond donors (Lipinski definition) is 1. The number of rotatable bonds is 1. The fraction of sp³-hybridized carbons (Fsp3) is 0.333. The van der Waals surface area contributed by atoms with E-state index in [1.807, 2.05) is 31.4 Å². The number of fused-ring (bicyclic) bond motifs is 1. The summed E-state index contributed by atoms with van der Waals surface area (Å²) < 4.78 is 2.07. The summed E-state index contributed by atoms with van der Waals surface area (Å²) in [5, 5.41) is 11.0. The normalized spacial score (nSPS) is 12.3. The van der Waals surface area contributed by atoms with Gasteiger partial charge in [-0.15, -0.1) is 0 Å². The molecule has 1 N–H and O–H groups in total. The van der Waals surface area contributed by atoms with Crippen molar-refractivity contribution in [2.75, 3.05) is 0 Å². The van der Waals surface area contributed by atoms with Gasteiger partial charge in [-0.3, -0.25) is 0 Å². The predicted octanol–water partition coefficient (Wildman–Crippen LogP) is 2.41. The molecule has 0 saturated carbocycles. The SMILES string of the molecule is Cn1ccc2cc(C(C)(C)O)ccc21. The Bertz CT molecular complexity index is 463. The first-order valence-electron chi connectivity index (χ1n) is 4.76. The fourth-order valence-corrected chi connectivity index (χ4v) is 1.66. The Morgan fingerprint density at radius 1 is 1.21 bits per heavy atom. The van der Waals surface area contributed by atoms with Crippen molar-refractivity contribution in [2.24, 2.45) is 7.05 Å². The van der Waals surface area contributed by atoms with Crippen LogP contribution in [0.4, 0.5) is 0 Å². The van der Waals surface area contributed by atoms with Crippen LogP contribution in [0, 0.1) is 0 Å². The van der Waals surface area contributed by atoms with Crippen LogP contribution in [0.2, 0.25) is 0 Å². The van der Waals surface area contributed by atoms with E-state index in [0.29, 0.717) is 0 Å². The zero-order valence-corrected chi connectivity index (χ0v) is 8.78. The Morgan fingerprint density at radius 2 is 1.93 bits per heavy atom. The maximum absolute atomic E-state index is 9.85. The number of nitrogens with zero attached hydrogens (tertiary/aromatic N) is 1. The van der Waals surface area contributed by atoms with Gasteiger partial charge in [0.2, 0.25) is 0 Å². The highest BCUT2D eigenvalue weighted by molar-refractivity contribution is 5.80. The Balaban J connectivity index is 2.63. The van der Waals surface area contributed by atoms with Crippen molar-refractivity contribution < 1.29 is 5.11 Å². The molecule has 0 radical (unpaired) electrons. The Morgan fingerprint density at radius 3 is 2.57 bits per heavy atom. The van der Waals surface area contributed by atoms with Crippen molar-refractivity contribution in [1.82, 2.24) is 4.57 Å². The molecular formula is C12H15NO. The fourth-order valence-electron chi connectivity index (χ4n) is 1.66. The summed E-state index contributed by atoms with van der Waals surface area (Å²) in [6.07, 6.45) is 2.03. The molecule has 74 valence electrons. The van der Waals surface area contributed by atoms with Crippen LogP contribution >= 0.6 is 0 Å². The first kappa shape index (κ1) is 9.28. The lowest BCUT2D eigenvalue weighted by Crippen LogP contribution is -2.14. The van der Waals surface area contributed by atoms with Crippen LogP contribution in [0.3, 0.4) is 0 Å². The van der Waals surface area contributed by atoms with E-state index in [2.05, 4.69) is 10.6 Å². The first-order valence-corrected chi connectivity index (χ1v) is 4.76. The summed E-state index contributed by atoms with van der Waals surface area (Å²) >= 11 is 0. The van der Waals surface area contributed by atoms with Gasteiger partial charge in [-0.2, -0.15) is 0 Å². The zero-order chi connectivity index (χ0) is 10.3. The van der Waals surface area contributed by atoms with Gasteiger partial charge in [-0.05, 0) is 43.0 Å². The molecule has 0 aliphatic rings. The van der Waals surface area contributed by atoms with Gasteiger partial charge in [0.05, 0.1) is 5.60 Å². The summed E-state index contributed by atoms with van der Waals surface area (Å²) in [6, 6.07) is 8.12. The highest BCUT2D eigenvalue weighted by atomic mass is 16.3. The average molecular weight is 189 g/mol. The van der Waals surface area contributed by atoms with Crippen LogP contribution in [-0.2, 0) is 12.6 Å². The lowest BCUT2D eigenvalue weighted by Gasteiger charge is -2.17. The second kappa shape index (κ2) is 2.85. The molecule has 0 spiro atoms. The smallest absolute Gasteiger partial charge is 0.0840 e. The quantitative estimate of drug-likeness (QED) is 0.732. The van der Waals surface area contributed by atoms with Gasteiger partial charge in [0.15, 0.2) is 0 Å². The van der Waals surface area contributed by atoms with E-state index >= 15 is 0 Å². The van der Waals surface area contributed by atoms with E-state index in [1.165, 1.54) is 10.9 Å². The third-order valence-electron chi connectivity index (χ3n) is 2.59. The van der Waals surface area contributed by atoms with Crippen LogP contribution in [0.15, 0.2) is 30.5 Å². The van der Waals surface area contributed by atoms with Crippen LogP contribution in [-0.4, -0.2) is 9.67 Å². The lowest BCUT2D eigenvalue weighted by atomic mass is 9.97. The molecule has 1 heterocycles. The van der Waals surface area contributed by atoms with Crippen molar-refractivity contribution in [3.05, 3.63) is 36.0 Å². The van der Waals surface area contributed by atoms with Crippen LogP contribution < -0.4 is 0 Å². The monoisotopic (exact) mass is 189 g/mol. The van der Waals surface area contributed by atoms with Gasteiger partial charge >= 0.3 is 0 Å². The zero-order valence-electron chi connectivity index (χ0n) is 8.78. The number of aryl methyl sites for hydroxylation is 1. The molecule has 0 aliphatic carbocycles.